The van der Waals surface area contributed by atoms with Crippen LogP contribution in [0.2, 0.25) is 0 Å². The second-order valence-electron chi connectivity index (χ2n) is 8.26. The van der Waals surface area contributed by atoms with Gasteiger partial charge in [-0.25, -0.2) is 8.78 Å². The zero-order valence-corrected chi connectivity index (χ0v) is 21.3. The average molecular weight is 482 g/mol. The number of halogens is 2. The van der Waals surface area contributed by atoms with Crippen LogP contribution in [-0.2, 0) is 28.9 Å². The van der Waals surface area contributed by atoms with Crippen molar-refractivity contribution in [2.75, 3.05) is 26.3 Å². The molecule has 1 fully saturated rings. The smallest absolute Gasteiger partial charge is 0.134 e. The Morgan fingerprint density at radius 1 is 0.886 bits per heavy atom. The summed E-state index contributed by atoms with van der Waals surface area (Å²) in [6, 6.07) is 19.6. The van der Waals surface area contributed by atoms with Gasteiger partial charge in [-0.05, 0) is 53.8 Å². The molecule has 0 spiro atoms. The zero-order valence-electron chi connectivity index (χ0n) is 21.3. The molecular weight excluding hydrogens is 444 g/mol. The van der Waals surface area contributed by atoms with E-state index in [1.54, 1.807) is 25.1 Å². The Morgan fingerprint density at radius 2 is 1.54 bits per heavy atom. The topological polar surface area (TPSA) is 29.5 Å². The number of nitrogens with zero attached hydrogens (tertiary/aromatic N) is 1. The van der Waals surface area contributed by atoms with Crippen LogP contribution in [0.25, 0.3) is 11.1 Å². The van der Waals surface area contributed by atoms with Gasteiger partial charge in [0.05, 0.1) is 13.2 Å². The average Bonchev–Trinajstić information content (AvgIpc) is 2.87. The number of benzene rings is 3. The summed E-state index contributed by atoms with van der Waals surface area (Å²) >= 11 is 0. The van der Waals surface area contributed by atoms with E-state index in [0.717, 1.165) is 61.5 Å². The summed E-state index contributed by atoms with van der Waals surface area (Å²) in [5, 5.41) is 0. The first-order valence-electron chi connectivity index (χ1n) is 12.4. The molecule has 0 saturated carbocycles. The predicted octanol–water partition coefficient (Wildman–Crippen LogP) is 6.87. The number of carbonyl (C=O) groups excluding carboxylic acids is 1. The van der Waals surface area contributed by atoms with Crippen LogP contribution < -0.4 is 0 Å². The molecule has 4 rings (SSSR count). The summed E-state index contributed by atoms with van der Waals surface area (Å²) in [5.41, 5.74) is 4.41. The Morgan fingerprint density at radius 3 is 2.09 bits per heavy atom. The lowest BCUT2D eigenvalue weighted by atomic mass is 10.00. The molecule has 35 heavy (non-hydrogen) atoms. The van der Waals surface area contributed by atoms with E-state index in [9.17, 15) is 13.6 Å². The number of hydrogen-bond acceptors (Lipinski definition) is 3. The highest BCUT2D eigenvalue weighted by Gasteiger charge is 2.12. The van der Waals surface area contributed by atoms with Crippen molar-refractivity contribution in [3.8, 4) is 11.1 Å². The van der Waals surface area contributed by atoms with E-state index in [2.05, 4.69) is 4.90 Å². The van der Waals surface area contributed by atoms with Crippen molar-refractivity contribution in [3.05, 3.63) is 95.1 Å². The van der Waals surface area contributed by atoms with Gasteiger partial charge in [0.25, 0.3) is 0 Å². The molecule has 1 aliphatic heterocycles. The van der Waals surface area contributed by atoms with Gasteiger partial charge in [0, 0.05) is 31.6 Å². The first kappa shape index (κ1) is 28.3. The van der Waals surface area contributed by atoms with Crippen molar-refractivity contribution in [3.63, 3.8) is 0 Å². The molecule has 0 radical (unpaired) electrons. The maximum absolute atomic E-state index is 14.5. The van der Waals surface area contributed by atoms with E-state index in [1.165, 1.54) is 6.07 Å². The molecule has 0 unspecified atom stereocenters. The second-order valence-corrected chi connectivity index (χ2v) is 8.26. The molecule has 3 aromatic carbocycles. The van der Waals surface area contributed by atoms with E-state index in [1.807, 2.05) is 63.2 Å². The second kappa shape index (κ2) is 15.2. The minimum atomic E-state index is -0.208. The number of morpholine rings is 1. The van der Waals surface area contributed by atoms with Gasteiger partial charge in [-0.1, -0.05) is 69.3 Å². The highest BCUT2D eigenvalue weighted by Crippen LogP contribution is 2.25. The fraction of sp³-hybridized carbons (Fsp3) is 0.367. The van der Waals surface area contributed by atoms with Gasteiger partial charge < -0.3 is 4.74 Å². The van der Waals surface area contributed by atoms with E-state index in [0.29, 0.717) is 12.0 Å². The molecule has 1 aliphatic rings. The van der Waals surface area contributed by atoms with Crippen LogP contribution in [0, 0.1) is 11.6 Å². The molecule has 0 amide bonds. The molecule has 0 aliphatic carbocycles. The number of carbonyl (C=O) groups is 1. The number of Topliss-reactive ketones (excluding diaryl/α,β-unsaturated/α-hetero) is 1. The molecule has 1 saturated heterocycles. The van der Waals surface area contributed by atoms with Crippen LogP contribution in [0.1, 0.15) is 44.4 Å². The summed E-state index contributed by atoms with van der Waals surface area (Å²) in [5.74, 6) is -0.226. The standard InChI is InChI=1S/C20H22FNO2.C8H9F.C2H6/c1-15(23)12-16-2-5-18(6-3-16)19-7-4-17(13-20(19)21)14-22-8-10-24-11-9-22;1-2-7-4-3-5-8(9)6-7;1-2/h2-7,13H,8-12,14H2,1H3;3-6H,2H2,1H3;1-2H3. The summed E-state index contributed by atoms with van der Waals surface area (Å²) in [7, 11) is 0. The molecule has 3 nitrogen and oxygen atoms in total. The molecule has 1 heterocycles. The molecule has 0 bridgehead atoms. The normalized spacial score (nSPS) is 13.2. The molecule has 0 aromatic heterocycles. The van der Waals surface area contributed by atoms with Crippen LogP contribution in [-0.4, -0.2) is 37.0 Å². The number of ketones is 1. The van der Waals surface area contributed by atoms with Gasteiger partial charge in [-0.15, -0.1) is 0 Å². The molecule has 188 valence electrons. The number of ether oxygens (including phenoxy) is 1. The lowest BCUT2D eigenvalue weighted by Gasteiger charge is -2.26. The van der Waals surface area contributed by atoms with Gasteiger partial charge >= 0.3 is 0 Å². The van der Waals surface area contributed by atoms with Crippen LogP contribution >= 0.6 is 0 Å². The number of hydrogen-bond donors (Lipinski definition) is 0. The monoisotopic (exact) mass is 481 g/mol. The van der Waals surface area contributed by atoms with Crippen molar-refractivity contribution >= 4 is 5.78 Å². The Kier molecular flexibility index (Phi) is 12.3. The maximum Gasteiger partial charge on any atom is 0.134 e. The van der Waals surface area contributed by atoms with Gasteiger partial charge in [0.15, 0.2) is 0 Å². The van der Waals surface area contributed by atoms with Crippen molar-refractivity contribution in [2.24, 2.45) is 0 Å². The predicted molar refractivity (Wildman–Crippen MR) is 139 cm³/mol. The first-order chi connectivity index (χ1) is 16.9. The third-order valence-corrected chi connectivity index (χ3v) is 5.56. The third-order valence-electron chi connectivity index (χ3n) is 5.56. The van der Waals surface area contributed by atoms with Crippen LogP contribution in [0.5, 0.6) is 0 Å². The largest absolute Gasteiger partial charge is 0.379 e. The van der Waals surface area contributed by atoms with Crippen LogP contribution in [0.4, 0.5) is 8.78 Å². The van der Waals surface area contributed by atoms with Crippen molar-refractivity contribution in [2.45, 2.75) is 47.1 Å². The highest BCUT2D eigenvalue weighted by molar-refractivity contribution is 5.78. The SMILES string of the molecule is CC.CC(=O)Cc1ccc(-c2ccc(CN3CCOCC3)cc2F)cc1.CCc1cccc(F)c1. The third kappa shape index (κ3) is 9.71. The lowest BCUT2D eigenvalue weighted by molar-refractivity contribution is -0.116. The summed E-state index contributed by atoms with van der Waals surface area (Å²) in [6.45, 7) is 11.6. The quantitative estimate of drug-likeness (QED) is 0.385. The van der Waals surface area contributed by atoms with E-state index < -0.39 is 0 Å². The molecule has 5 heteroatoms. The van der Waals surface area contributed by atoms with Crippen molar-refractivity contribution in [1.29, 1.82) is 0 Å². The maximum atomic E-state index is 14.5. The minimum Gasteiger partial charge on any atom is -0.379 e. The van der Waals surface area contributed by atoms with Crippen LogP contribution in [0.15, 0.2) is 66.7 Å². The zero-order chi connectivity index (χ0) is 25.6. The van der Waals surface area contributed by atoms with Crippen molar-refractivity contribution in [1.82, 2.24) is 4.90 Å². The molecule has 0 N–H and O–H groups in total. The highest BCUT2D eigenvalue weighted by atomic mass is 19.1. The van der Waals surface area contributed by atoms with Gasteiger partial charge in [-0.2, -0.15) is 0 Å². The molecule has 0 atom stereocenters. The summed E-state index contributed by atoms with van der Waals surface area (Å²) < 4.78 is 32.2. The Hall–Kier alpha value is -2.89. The summed E-state index contributed by atoms with van der Waals surface area (Å²) in [4.78, 5) is 13.4. The minimum absolute atomic E-state index is 0.126. The van der Waals surface area contributed by atoms with E-state index in [-0.39, 0.29) is 17.4 Å². The Bertz CT molecular complexity index is 1040. The fourth-order valence-corrected chi connectivity index (χ4v) is 3.76. The molecular formula is C30H37F2NO2. The lowest BCUT2D eigenvalue weighted by Crippen LogP contribution is -2.35. The van der Waals surface area contributed by atoms with E-state index >= 15 is 0 Å². The summed E-state index contributed by atoms with van der Waals surface area (Å²) in [6.07, 6.45) is 1.32. The molecule has 3 aromatic rings. The van der Waals surface area contributed by atoms with E-state index in [4.69, 9.17) is 4.74 Å². The number of aryl methyl sites for hydroxylation is 1. The van der Waals surface area contributed by atoms with Gasteiger partial charge in [0.2, 0.25) is 0 Å². The number of rotatable bonds is 6. The van der Waals surface area contributed by atoms with Gasteiger partial charge in [0.1, 0.15) is 17.4 Å². The van der Waals surface area contributed by atoms with Gasteiger partial charge in [-0.3, -0.25) is 9.69 Å². The fourth-order valence-electron chi connectivity index (χ4n) is 3.76. The van der Waals surface area contributed by atoms with Crippen LogP contribution in [0.3, 0.4) is 0 Å². The Labute approximate surface area is 208 Å². The van der Waals surface area contributed by atoms with Crippen molar-refractivity contribution < 1.29 is 18.3 Å². The first-order valence-corrected chi connectivity index (χ1v) is 12.4. The Balaban J connectivity index is 0.000000329.